The lowest BCUT2D eigenvalue weighted by Crippen LogP contribution is -3.11. The number of amides is 2. The molecule has 130 valence electrons. The standard InChI is InChI=1S/C16H20BrN3O3S/c1-3-7-20(9-11-5-6-14(17)24-11)10-13-12(15(21)23-4-2)8-18-16(22)19-13/h3,5-6H,1,4,7-10H2,2H3,(H2,18,19,22)/p+1. The van der Waals surface area contributed by atoms with E-state index < -0.39 is 5.97 Å². The molecule has 1 aliphatic rings. The van der Waals surface area contributed by atoms with Gasteiger partial charge >= 0.3 is 12.0 Å². The molecule has 0 radical (unpaired) electrons. The molecule has 2 amide bonds. The van der Waals surface area contributed by atoms with Crippen molar-refractivity contribution in [3.63, 3.8) is 0 Å². The van der Waals surface area contributed by atoms with Crippen LogP contribution < -0.4 is 15.5 Å². The van der Waals surface area contributed by atoms with Crippen LogP contribution in [0.25, 0.3) is 0 Å². The molecule has 0 aliphatic carbocycles. The van der Waals surface area contributed by atoms with Crippen LogP contribution in [0.2, 0.25) is 0 Å². The van der Waals surface area contributed by atoms with Crippen molar-refractivity contribution in [3.8, 4) is 0 Å². The van der Waals surface area contributed by atoms with Crippen molar-refractivity contribution in [2.24, 2.45) is 0 Å². The van der Waals surface area contributed by atoms with Gasteiger partial charge in [0.05, 0.1) is 39.6 Å². The number of rotatable bonds is 8. The number of quaternary nitrogens is 1. The van der Waals surface area contributed by atoms with Gasteiger partial charge in [-0.05, 0) is 41.1 Å². The van der Waals surface area contributed by atoms with Gasteiger partial charge in [-0.25, -0.2) is 9.59 Å². The lowest BCUT2D eigenvalue weighted by Gasteiger charge is -2.24. The van der Waals surface area contributed by atoms with Crippen molar-refractivity contribution in [2.45, 2.75) is 13.5 Å². The van der Waals surface area contributed by atoms with Crippen molar-refractivity contribution in [2.75, 3.05) is 26.2 Å². The van der Waals surface area contributed by atoms with Crippen molar-refractivity contribution in [3.05, 3.63) is 44.7 Å². The Morgan fingerprint density at radius 2 is 2.29 bits per heavy atom. The molecular weight excluding hydrogens is 394 g/mol. The monoisotopic (exact) mass is 414 g/mol. The highest BCUT2D eigenvalue weighted by Crippen LogP contribution is 2.21. The summed E-state index contributed by atoms with van der Waals surface area (Å²) in [5.41, 5.74) is 1.09. The number of nitrogens with one attached hydrogen (secondary N) is 3. The van der Waals surface area contributed by atoms with Crippen molar-refractivity contribution in [1.82, 2.24) is 10.6 Å². The average Bonchev–Trinajstić information content (AvgIpc) is 2.93. The fourth-order valence-corrected chi connectivity index (χ4v) is 4.01. The Bertz CT molecular complexity index is 657. The molecule has 0 aromatic carbocycles. The van der Waals surface area contributed by atoms with Crippen LogP contribution in [-0.4, -0.2) is 38.2 Å². The van der Waals surface area contributed by atoms with Crippen LogP contribution in [0.1, 0.15) is 11.8 Å². The maximum absolute atomic E-state index is 12.1. The number of hydrogen-bond acceptors (Lipinski definition) is 4. The summed E-state index contributed by atoms with van der Waals surface area (Å²) in [6, 6.07) is 3.79. The first-order chi connectivity index (χ1) is 11.5. The Morgan fingerprint density at radius 3 is 2.92 bits per heavy atom. The number of thiophene rings is 1. The molecule has 24 heavy (non-hydrogen) atoms. The lowest BCUT2D eigenvalue weighted by atomic mass is 10.1. The maximum atomic E-state index is 12.1. The minimum Gasteiger partial charge on any atom is -0.463 e. The van der Waals surface area contributed by atoms with Crippen molar-refractivity contribution in [1.29, 1.82) is 0 Å². The second-order valence-corrected chi connectivity index (χ2v) is 7.83. The lowest BCUT2D eigenvalue weighted by molar-refractivity contribution is -0.903. The van der Waals surface area contributed by atoms with Gasteiger partial charge in [0.2, 0.25) is 0 Å². The summed E-state index contributed by atoms with van der Waals surface area (Å²) in [6.45, 7) is 8.07. The molecule has 0 saturated heterocycles. The summed E-state index contributed by atoms with van der Waals surface area (Å²) in [7, 11) is 0. The number of hydrogen-bond donors (Lipinski definition) is 3. The van der Waals surface area contributed by atoms with E-state index in [0.717, 1.165) is 16.9 Å². The number of ether oxygens (including phenoxy) is 1. The van der Waals surface area contributed by atoms with Crippen LogP contribution in [0.4, 0.5) is 4.79 Å². The summed E-state index contributed by atoms with van der Waals surface area (Å²) in [5.74, 6) is -0.392. The summed E-state index contributed by atoms with van der Waals surface area (Å²) >= 11 is 5.14. The summed E-state index contributed by atoms with van der Waals surface area (Å²) in [6.07, 6.45) is 1.84. The zero-order valence-electron chi connectivity index (χ0n) is 13.5. The Labute approximate surface area is 153 Å². The van der Waals surface area contributed by atoms with Crippen LogP contribution in [0.15, 0.2) is 39.8 Å². The largest absolute Gasteiger partial charge is 0.463 e. The molecule has 0 saturated carbocycles. The third kappa shape index (κ3) is 5.19. The fourth-order valence-electron chi connectivity index (χ4n) is 2.45. The third-order valence-electron chi connectivity index (χ3n) is 3.49. The van der Waals surface area contributed by atoms with Crippen LogP contribution >= 0.6 is 27.3 Å². The number of halogens is 1. The molecule has 0 spiro atoms. The van der Waals surface area contributed by atoms with E-state index in [-0.39, 0.29) is 12.6 Å². The quantitative estimate of drug-likeness (QED) is 0.442. The highest BCUT2D eigenvalue weighted by Gasteiger charge is 2.26. The first kappa shape index (κ1) is 18.7. The van der Waals surface area contributed by atoms with Gasteiger partial charge in [0.15, 0.2) is 0 Å². The van der Waals surface area contributed by atoms with Gasteiger partial charge in [-0.1, -0.05) is 6.58 Å². The van der Waals surface area contributed by atoms with Crippen molar-refractivity contribution >= 4 is 39.3 Å². The van der Waals surface area contributed by atoms with E-state index in [1.165, 1.54) is 9.78 Å². The molecule has 0 bridgehead atoms. The summed E-state index contributed by atoms with van der Waals surface area (Å²) in [4.78, 5) is 26.2. The second-order valence-electron chi connectivity index (χ2n) is 5.29. The Hall–Kier alpha value is -1.64. The molecule has 3 N–H and O–H groups in total. The molecule has 0 fully saturated rings. The molecule has 1 aromatic heterocycles. The normalized spacial score (nSPS) is 15.5. The van der Waals surface area contributed by atoms with Gasteiger partial charge in [-0.3, -0.25) is 0 Å². The Morgan fingerprint density at radius 1 is 1.50 bits per heavy atom. The van der Waals surface area contributed by atoms with Gasteiger partial charge in [0, 0.05) is 0 Å². The zero-order chi connectivity index (χ0) is 17.5. The van der Waals surface area contributed by atoms with E-state index >= 15 is 0 Å². The molecule has 1 atom stereocenters. The van der Waals surface area contributed by atoms with E-state index in [1.54, 1.807) is 18.3 Å². The number of carbonyl (C=O) groups is 2. The highest BCUT2D eigenvalue weighted by atomic mass is 79.9. The van der Waals surface area contributed by atoms with E-state index in [1.807, 2.05) is 12.1 Å². The minimum absolute atomic E-state index is 0.186. The SMILES string of the molecule is C=CC[NH+](CC1=C(C(=O)OCC)CNC(=O)N1)Cc1ccc(Br)s1. The molecule has 2 rings (SSSR count). The summed E-state index contributed by atoms with van der Waals surface area (Å²) in [5, 5.41) is 5.37. The Kier molecular flexibility index (Phi) is 7.01. The third-order valence-corrected chi connectivity index (χ3v) is 5.11. The molecule has 8 heteroatoms. The highest BCUT2D eigenvalue weighted by molar-refractivity contribution is 9.11. The molecule has 1 aliphatic heterocycles. The van der Waals surface area contributed by atoms with Crippen LogP contribution in [-0.2, 0) is 16.1 Å². The molecule has 1 aromatic rings. The van der Waals surface area contributed by atoms with Gasteiger partial charge in [0.1, 0.15) is 13.1 Å². The maximum Gasteiger partial charge on any atom is 0.337 e. The second kappa shape index (κ2) is 9.00. The fraction of sp³-hybridized carbons (Fsp3) is 0.375. The van der Waals surface area contributed by atoms with Gasteiger partial charge < -0.3 is 20.3 Å². The topological polar surface area (TPSA) is 71.9 Å². The zero-order valence-corrected chi connectivity index (χ0v) is 15.9. The van der Waals surface area contributed by atoms with Crippen LogP contribution in [0.5, 0.6) is 0 Å². The van der Waals surface area contributed by atoms with E-state index in [0.29, 0.717) is 24.4 Å². The number of carbonyl (C=O) groups excluding carboxylic acids is 2. The molecule has 1 unspecified atom stereocenters. The van der Waals surface area contributed by atoms with Crippen LogP contribution in [0.3, 0.4) is 0 Å². The molecular formula is C16H21BrN3O3S+. The first-order valence-corrected chi connectivity index (χ1v) is 9.27. The minimum atomic E-state index is -0.392. The van der Waals surface area contributed by atoms with Gasteiger partial charge in [-0.2, -0.15) is 0 Å². The number of urea groups is 1. The molecule has 6 nitrogen and oxygen atoms in total. The van der Waals surface area contributed by atoms with Gasteiger partial charge in [0.25, 0.3) is 0 Å². The molecule has 2 heterocycles. The smallest absolute Gasteiger partial charge is 0.337 e. The predicted molar refractivity (Wildman–Crippen MR) is 96.8 cm³/mol. The van der Waals surface area contributed by atoms with E-state index in [9.17, 15) is 9.59 Å². The number of esters is 1. The Balaban J connectivity index is 2.17. The van der Waals surface area contributed by atoms with E-state index in [2.05, 4.69) is 39.2 Å². The first-order valence-electron chi connectivity index (χ1n) is 7.66. The van der Waals surface area contributed by atoms with Crippen LogP contribution in [0, 0.1) is 0 Å². The van der Waals surface area contributed by atoms with E-state index in [4.69, 9.17) is 4.74 Å². The van der Waals surface area contributed by atoms with Crippen molar-refractivity contribution < 1.29 is 19.2 Å². The summed E-state index contributed by atoms with van der Waals surface area (Å²) < 4.78 is 6.17. The average molecular weight is 415 g/mol. The predicted octanol–water partition coefficient (Wildman–Crippen LogP) is 1.21. The van der Waals surface area contributed by atoms with Gasteiger partial charge in [-0.15, -0.1) is 11.3 Å².